The van der Waals surface area contributed by atoms with Gasteiger partial charge in [-0.25, -0.2) is 0 Å². The Hall–Kier alpha value is -0.680. The molecule has 0 radical (unpaired) electrons. The minimum absolute atomic E-state index is 0.568. The second-order valence-electron chi connectivity index (χ2n) is 3.42. The van der Waals surface area contributed by atoms with E-state index in [1.807, 2.05) is 0 Å². The lowest BCUT2D eigenvalue weighted by molar-refractivity contribution is -0.00249. The predicted octanol–water partition coefficient (Wildman–Crippen LogP) is 1.12. The summed E-state index contributed by atoms with van der Waals surface area (Å²) in [5, 5.41) is 17.8. The van der Waals surface area contributed by atoms with E-state index in [4.69, 9.17) is 5.11 Å². The van der Waals surface area contributed by atoms with Crippen LogP contribution < -0.4 is 0 Å². The summed E-state index contributed by atoms with van der Waals surface area (Å²) in [5.41, 5.74) is -1.45. The fourth-order valence-corrected chi connectivity index (χ4v) is 0.293. The van der Waals surface area contributed by atoms with Gasteiger partial charge in [-0.1, -0.05) is 5.92 Å². The van der Waals surface area contributed by atoms with E-state index in [1.54, 1.807) is 33.8 Å². The molecule has 0 bridgehead atoms. The zero-order valence-corrected chi connectivity index (χ0v) is 6.89. The van der Waals surface area contributed by atoms with Crippen molar-refractivity contribution in [2.24, 2.45) is 5.41 Å². The molecular weight excluding hydrogens is 128 g/mol. The highest BCUT2D eigenvalue weighted by atomic mass is 16.3. The van der Waals surface area contributed by atoms with Crippen LogP contribution in [0.3, 0.4) is 0 Å². The van der Waals surface area contributed by atoms with Crippen LogP contribution in [0.4, 0.5) is 0 Å². The summed E-state index contributed by atoms with van der Waals surface area (Å²) in [7, 11) is 0. The van der Waals surface area contributed by atoms with Gasteiger partial charge in [0.15, 0.2) is 0 Å². The molecule has 0 aromatic carbocycles. The second kappa shape index (κ2) is 2.51. The normalized spacial score (nSPS) is 12.1. The number of rotatable bonds is 1. The van der Waals surface area contributed by atoms with Gasteiger partial charge >= 0.3 is 0 Å². The zero-order valence-electron chi connectivity index (χ0n) is 6.89. The summed E-state index contributed by atoms with van der Waals surface area (Å²) in [6, 6.07) is 0. The Balaban J connectivity index is 4.51. The summed E-state index contributed by atoms with van der Waals surface area (Å²) >= 11 is 0. The molecule has 0 aliphatic rings. The SMILES string of the molecule is CC(C)(O)C(C)(C)C#CO. The van der Waals surface area contributed by atoms with Gasteiger partial charge in [0.25, 0.3) is 0 Å². The van der Waals surface area contributed by atoms with Gasteiger partial charge in [0.2, 0.25) is 0 Å². The Morgan fingerprint density at radius 2 is 1.50 bits per heavy atom. The van der Waals surface area contributed by atoms with E-state index in [9.17, 15) is 5.11 Å². The first-order valence-electron chi connectivity index (χ1n) is 3.20. The van der Waals surface area contributed by atoms with Crippen molar-refractivity contribution in [1.29, 1.82) is 0 Å². The van der Waals surface area contributed by atoms with Crippen molar-refractivity contribution in [2.45, 2.75) is 33.3 Å². The quantitative estimate of drug-likeness (QED) is 0.538. The average molecular weight is 142 g/mol. The van der Waals surface area contributed by atoms with E-state index in [0.717, 1.165) is 0 Å². The van der Waals surface area contributed by atoms with Crippen LogP contribution in [0.2, 0.25) is 0 Å². The summed E-state index contributed by atoms with van der Waals surface area (Å²) in [5.74, 6) is 2.52. The minimum Gasteiger partial charge on any atom is -0.462 e. The van der Waals surface area contributed by atoms with Crippen LogP contribution >= 0.6 is 0 Å². The summed E-state index contributed by atoms with van der Waals surface area (Å²) in [6.07, 6.45) is 1.80. The van der Waals surface area contributed by atoms with Gasteiger partial charge in [-0.05, 0) is 27.7 Å². The molecule has 0 atom stereocenters. The van der Waals surface area contributed by atoms with Gasteiger partial charge in [-0.2, -0.15) is 0 Å². The topological polar surface area (TPSA) is 40.5 Å². The van der Waals surface area contributed by atoms with Crippen LogP contribution in [0, 0.1) is 17.4 Å². The third-order valence-corrected chi connectivity index (χ3v) is 1.90. The molecule has 0 fully saturated rings. The molecule has 0 aliphatic carbocycles. The molecule has 2 heteroatoms. The van der Waals surface area contributed by atoms with Gasteiger partial charge in [0.1, 0.15) is 6.11 Å². The lowest BCUT2D eigenvalue weighted by Crippen LogP contribution is -2.37. The molecule has 0 rings (SSSR count). The summed E-state index contributed by atoms with van der Waals surface area (Å²) in [4.78, 5) is 0. The van der Waals surface area contributed by atoms with Crippen molar-refractivity contribution in [3.63, 3.8) is 0 Å². The largest absolute Gasteiger partial charge is 0.462 e. The van der Waals surface area contributed by atoms with E-state index in [-0.39, 0.29) is 0 Å². The molecule has 0 aliphatic heterocycles. The molecule has 10 heavy (non-hydrogen) atoms. The number of hydrogen-bond acceptors (Lipinski definition) is 2. The molecule has 0 amide bonds. The van der Waals surface area contributed by atoms with Crippen LogP contribution in [0.5, 0.6) is 0 Å². The maximum atomic E-state index is 9.46. The van der Waals surface area contributed by atoms with E-state index in [2.05, 4.69) is 5.92 Å². The van der Waals surface area contributed by atoms with Crippen LogP contribution in [0.1, 0.15) is 27.7 Å². The lowest BCUT2D eigenvalue weighted by atomic mass is 9.78. The fraction of sp³-hybridized carbons (Fsp3) is 0.750. The van der Waals surface area contributed by atoms with E-state index in [1.165, 1.54) is 0 Å². The molecule has 0 aromatic rings. The molecule has 0 aromatic heterocycles. The molecule has 0 saturated carbocycles. The monoisotopic (exact) mass is 142 g/mol. The van der Waals surface area contributed by atoms with Gasteiger partial charge in [-0.15, -0.1) is 0 Å². The second-order valence-corrected chi connectivity index (χ2v) is 3.42. The molecule has 2 N–H and O–H groups in total. The van der Waals surface area contributed by atoms with Crippen LogP contribution in [0.15, 0.2) is 0 Å². The number of hydrogen-bond donors (Lipinski definition) is 2. The number of aliphatic hydroxyl groups is 2. The summed E-state index contributed by atoms with van der Waals surface area (Å²) in [6.45, 7) is 6.88. The third kappa shape index (κ3) is 1.93. The van der Waals surface area contributed by atoms with Crippen molar-refractivity contribution in [1.82, 2.24) is 0 Å². The number of aliphatic hydroxyl groups excluding tert-OH is 1. The lowest BCUT2D eigenvalue weighted by Gasteiger charge is -2.31. The molecule has 0 saturated heterocycles. The Kier molecular flexibility index (Phi) is 2.34. The molecule has 58 valence electrons. The van der Waals surface area contributed by atoms with Crippen LogP contribution in [0.25, 0.3) is 0 Å². The van der Waals surface area contributed by atoms with E-state index < -0.39 is 11.0 Å². The fourth-order valence-electron chi connectivity index (χ4n) is 0.293. The van der Waals surface area contributed by atoms with E-state index >= 15 is 0 Å². The average Bonchev–Trinajstić information content (AvgIpc) is 1.61. The van der Waals surface area contributed by atoms with Gasteiger partial charge in [0, 0.05) is 0 Å². The van der Waals surface area contributed by atoms with Crippen molar-refractivity contribution in [3.8, 4) is 12.0 Å². The van der Waals surface area contributed by atoms with Crippen molar-refractivity contribution in [3.05, 3.63) is 0 Å². The molecule has 0 spiro atoms. The van der Waals surface area contributed by atoms with Crippen molar-refractivity contribution in [2.75, 3.05) is 0 Å². The molecular formula is C8H14O2. The highest BCUT2D eigenvalue weighted by Crippen LogP contribution is 2.28. The first kappa shape index (κ1) is 9.32. The summed E-state index contributed by atoms with van der Waals surface area (Å²) < 4.78 is 0. The van der Waals surface area contributed by atoms with E-state index in [0.29, 0.717) is 0 Å². The Bertz CT molecular complexity index is 164. The Morgan fingerprint density at radius 1 is 1.10 bits per heavy atom. The predicted molar refractivity (Wildman–Crippen MR) is 39.8 cm³/mol. The molecule has 2 nitrogen and oxygen atoms in total. The van der Waals surface area contributed by atoms with Crippen LogP contribution in [-0.2, 0) is 0 Å². The highest BCUT2D eigenvalue weighted by Gasteiger charge is 2.33. The maximum absolute atomic E-state index is 9.46. The Morgan fingerprint density at radius 3 is 1.60 bits per heavy atom. The Labute approximate surface area is 61.9 Å². The van der Waals surface area contributed by atoms with Crippen molar-refractivity contribution < 1.29 is 10.2 Å². The minimum atomic E-state index is -0.886. The standard InChI is InChI=1S/C8H14O2/c1-7(2,5-6-9)8(3,4)10/h9-10H,1-4H3. The highest BCUT2D eigenvalue weighted by molar-refractivity contribution is 5.10. The zero-order chi connectivity index (χ0) is 8.41. The van der Waals surface area contributed by atoms with Crippen LogP contribution in [-0.4, -0.2) is 15.8 Å². The molecule has 0 unspecified atom stereocenters. The van der Waals surface area contributed by atoms with Gasteiger partial charge < -0.3 is 10.2 Å². The van der Waals surface area contributed by atoms with Gasteiger partial charge in [0.05, 0.1) is 11.0 Å². The maximum Gasteiger partial charge on any atom is 0.108 e. The first-order valence-corrected chi connectivity index (χ1v) is 3.20. The van der Waals surface area contributed by atoms with Crippen molar-refractivity contribution >= 4 is 0 Å². The smallest absolute Gasteiger partial charge is 0.108 e. The molecule has 0 heterocycles. The first-order chi connectivity index (χ1) is 4.31. The third-order valence-electron chi connectivity index (χ3n) is 1.90. The van der Waals surface area contributed by atoms with Gasteiger partial charge in [-0.3, -0.25) is 0 Å².